The fraction of sp³-hybridized carbons (Fsp3) is 0.143. The summed E-state index contributed by atoms with van der Waals surface area (Å²) in [4.78, 5) is 0. The van der Waals surface area contributed by atoms with Gasteiger partial charge in [-0.15, -0.1) is 0 Å². The van der Waals surface area contributed by atoms with Crippen LogP contribution < -0.4 is 5.19 Å². The van der Waals surface area contributed by atoms with Crippen molar-refractivity contribution in [1.82, 2.24) is 0 Å². The summed E-state index contributed by atoms with van der Waals surface area (Å²) < 4.78 is 69.0. The SMILES string of the molecule is C[SiH](O[SiH3])c1c(F)c(F)c(F)c(F)c1F. The van der Waals surface area contributed by atoms with E-state index in [0.29, 0.717) is 0 Å². The van der Waals surface area contributed by atoms with Crippen LogP contribution in [0.3, 0.4) is 0 Å². The Morgan fingerprint density at radius 3 is 1.53 bits per heavy atom. The Bertz CT molecular complexity index is 368. The lowest BCUT2D eigenvalue weighted by atomic mass is 10.3. The van der Waals surface area contributed by atoms with Gasteiger partial charge in [0.05, 0.1) is 0 Å². The van der Waals surface area contributed by atoms with E-state index in [9.17, 15) is 22.0 Å². The highest BCUT2D eigenvalue weighted by Crippen LogP contribution is 2.16. The third-order valence-corrected chi connectivity index (χ3v) is 6.15. The summed E-state index contributed by atoms with van der Waals surface area (Å²) in [6.07, 6.45) is 0. The summed E-state index contributed by atoms with van der Waals surface area (Å²) in [6.45, 7) is 1.35. The van der Waals surface area contributed by atoms with E-state index < -0.39 is 43.3 Å². The maximum absolute atomic E-state index is 13.1. The van der Waals surface area contributed by atoms with E-state index in [-0.39, 0.29) is 10.5 Å². The van der Waals surface area contributed by atoms with E-state index in [0.717, 1.165) is 0 Å². The second-order valence-corrected chi connectivity index (χ2v) is 6.61. The molecule has 1 nitrogen and oxygen atoms in total. The molecule has 0 aromatic heterocycles. The van der Waals surface area contributed by atoms with Gasteiger partial charge in [-0.3, -0.25) is 0 Å². The molecule has 0 aliphatic carbocycles. The molecule has 0 fully saturated rings. The largest absolute Gasteiger partial charge is 0.462 e. The summed E-state index contributed by atoms with van der Waals surface area (Å²) >= 11 is 0. The summed E-state index contributed by atoms with van der Waals surface area (Å²) in [5, 5.41) is -0.790. The molecule has 1 aromatic rings. The molecule has 0 aliphatic rings. The van der Waals surface area contributed by atoms with Crippen molar-refractivity contribution in [2.24, 2.45) is 0 Å². The standard InChI is InChI=1S/C7H7F5OSi2/c1-15(13-14)7-5(11)3(9)2(8)4(10)6(7)12/h15H,1,14H3. The molecule has 0 heterocycles. The van der Waals surface area contributed by atoms with Gasteiger partial charge in [0, 0.05) is 5.19 Å². The molecule has 1 atom stereocenters. The fourth-order valence-electron chi connectivity index (χ4n) is 1.10. The zero-order valence-corrected chi connectivity index (χ0v) is 11.0. The van der Waals surface area contributed by atoms with E-state index in [1.807, 2.05) is 0 Å². The van der Waals surface area contributed by atoms with Crippen LogP contribution in [0, 0.1) is 29.1 Å². The van der Waals surface area contributed by atoms with E-state index in [1.54, 1.807) is 0 Å². The smallest absolute Gasteiger partial charge is 0.200 e. The lowest BCUT2D eigenvalue weighted by Crippen LogP contribution is -2.37. The average Bonchev–Trinajstić information content (AvgIpc) is 2.23. The van der Waals surface area contributed by atoms with Crippen LogP contribution in [0.1, 0.15) is 0 Å². The van der Waals surface area contributed by atoms with Gasteiger partial charge < -0.3 is 4.12 Å². The Balaban J connectivity index is 3.52. The number of benzene rings is 1. The van der Waals surface area contributed by atoms with Crippen LogP contribution in [0.4, 0.5) is 22.0 Å². The predicted octanol–water partition coefficient (Wildman–Crippen LogP) is 0.240. The second kappa shape index (κ2) is 4.41. The minimum atomic E-state index is -2.53. The zero-order chi connectivity index (χ0) is 11.7. The molecule has 8 heteroatoms. The van der Waals surface area contributed by atoms with Gasteiger partial charge in [-0.05, 0) is 6.55 Å². The number of hydrogen-bond donors (Lipinski definition) is 0. The molecular formula is C7H7F5OSi2. The highest BCUT2D eigenvalue weighted by Gasteiger charge is 2.28. The van der Waals surface area contributed by atoms with Crippen molar-refractivity contribution in [3.05, 3.63) is 29.1 Å². The molecule has 0 bridgehead atoms. The van der Waals surface area contributed by atoms with Crippen LogP contribution in [0.15, 0.2) is 0 Å². The Kier molecular flexibility index (Phi) is 3.63. The van der Waals surface area contributed by atoms with Crippen LogP contribution in [-0.4, -0.2) is 19.5 Å². The van der Waals surface area contributed by atoms with Gasteiger partial charge in [-0.2, -0.15) is 0 Å². The van der Waals surface area contributed by atoms with Crippen molar-refractivity contribution in [1.29, 1.82) is 0 Å². The molecule has 1 rings (SSSR count). The summed E-state index contributed by atoms with van der Waals surface area (Å²) in [7, 11) is -2.34. The third kappa shape index (κ3) is 1.97. The first-order valence-electron chi connectivity index (χ1n) is 3.95. The highest BCUT2D eigenvalue weighted by atomic mass is 28.3. The first-order valence-corrected chi connectivity index (χ1v) is 6.97. The monoisotopic (exact) mass is 258 g/mol. The van der Waals surface area contributed by atoms with Crippen molar-refractivity contribution in [2.75, 3.05) is 0 Å². The minimum absolute atomic E-state index is 0.187. The van der Waals surface area contributed by atoms with E-state index >= 15 is 0 Å². The van der Waals surface area contributed by atoms with Gasteiger partial charge in [0.1, 0.15) is 10.5 Å². The lowest BCUT2D eigenvalue weighted by molar-refractivity contribution is 0.383. The van der Waals surface area contributed by atoms with Crippen molar-refractivity contribution in [3.8, 4) is 0 Å². The summed E-state index contributed by atoms with van der Waals surface area (Å²) in [5.74, 6) is -9.52. The van der Waals surface area contributed by atoms with Crippen LogP contribution in [0.2, 0.25) is 6.55 Å². The molecule has 0 saturated carbocycles. The van der Waals surface area contributed by atoms with Crippen LogP contribution in [0.5, 0.6) is 0 Å². The number of hydrogen-bond acceptors (Lipinski definition) is 1. The van der Waals surface area contributed by atoms with E-state index in [4.69, 9.17) is 4.12 Å². The normalized spacial score (nSPS) is 13.2. The maximum Gasteiger partial charge on any atom is 0.200 e. The molecule has 1 aromatic carbocycles. The molecule has 0 aliphatic heterocycles. The minimum Gasteiger partial charge on any atom is -0.462 e. The topological polar surface area (TPSA) is 9.23 Å². The average molecular weight is 258 g/mol. The molecular weight excluding hydrogens is 251 g/mol. The fourth-order valence-corrected chi connectivity index (χ4v) is 3.01. The summed E-state index contributed by atoms with van der Waals surface area (Å²) in [6, 6.07) is 0. The maximum atomic E-state index is 13.1. The molecule has 0 spiro atoms. The van der Waals surface area contributed by atoms with Gasteiger partial charge >= 0.3 is 0 Å². The third-order valence-electron chi connectivity index (χ3n) is 2.00. The molecule has 84 valence electrons. The van der Waals surface area contributed by atoms with Crippen molar-refractivity contribution >= 4 is 24.7 Å². The van der Waals surface area contributed by atoms with E-state index in [2.05, 4.69) is 0 Å². The van der Waals surface area contributed by atoms with Gasteiger partial charge in [0.2, 0.25) is 5.82 Å². The first-order chi connectivity index (χ1) is 6.91. The molecule has 0 amide bonds. The molecule has 0 saturated heterocycles. The Labute approximate surface area is 87.1 Å². The van der Waals surface area contributed by atoms with Gasteiger partial charge in [0.15, 0.2) is 32.3 Å². The Hall–Kier alpha value is -0.736. The van der Waals surface area contributed by atoms with Gasteiger partial charge in [0.25, 0.3) is 0 Å². The van der Waals surface area contributed by atoms with E-state index in [1.165, 1.54) is 6.55 Å². The zero-order valence-electron chi connectivity index (χ0n) is 7.88. The Morgan fingerprint density at radius 2 is 1.20 bits per heavy atom. The first kappa shape index (κ1) is 12.3. The van der Waals surface area contributed by atoms with Crippen molar-refractivity contribution in [2.45, 2.75) is 6.55 Å². The lowest BCUT2D eigenvalue weighted by Gasteiger charge is -2.12. The molecule has 0 radical (unpaired) electrons. The van der Waals surface area contributed by atoms with Crippen molar-refractivity contribution < 1.29 is 26.1 Å². The summed E-state index contributed by atoms with van der Waals surface area (Å²) in [5.41, 5.74) is 0. The van der Waals surface area contributed by atoms with Gasteiger partial charge in [-0.1, -0.05) is 0 Å². The molecule has 0 N–H and O–H groups in total. The number of halogens is 5. The highest BCUT2D eigenvalue weighted by molar-refractivity contribution is 6.68. The van der Waals surface area contributed by atoms with Crippen LogP contribution >= 0.6 is 0 Å². The Morgan fingerprint density at radius 1 is 0.867 bits per heavy atom. The van der Waals surface area contributed by atoms with Crippen LogP contribution in [0.25, 0.3) is 0 Å². The predicted molar refractivity (Wildman–Crippen MR) is 49.9 cm³/mol. The molecule has 1 unspecified atom stereocenters. The quantitative estimate of drug-likeness (QED) is 0.319. The van der Waals surface area contributed by atoms with Crippen molar-refractivity contribution in [3.63, 3.8) is 0 Å². The van der Waals surface area contributed by atoms with Gasteiger partial charge in [-0.25, -0.2) is 22.0 Å². The van der Waals surface area contributed by atoms with Crippen LogP contribution in [-0.2, 0) is 4.12 Å². The second-order valence-electron chi connectivity index (χ2n) is 2.86. The number of rotatable bonds is 2. The molecule has 15 heavy (non-hydrogen) atoms.